The Morgan fingerprint density at radius 3 is 2.17 bits per heavy atom. The van der Waals surface area contributed by atoms with Gasteiger partial charge in [0.25, 0.3) is 5.91 Å². The van der Waals surface area contributed by atoms with Crippen LogP contribution in [0.4, 0.5) is 5.69 Å². The molecule has 3 rings (SSSR count). The van der Waals surface area contributed by atoms with Gasteiger partial charge >= 0.3 is 11.8 Å². The van der Waals surface area contributed by atoms with Crippen LogP contribution in [-0.4, -0.2) is 37.7 Å². The number of methoxy groups -OCH3 is 1. The highest BCUT2D eigenvalue weighted by atomic mass is 16.5. The summed E-state index contributed by atoms with van der Waals surface area (Å²) in [5.41, 5.74) is 5.49. The zero-order valence-corrected chi connectivity index (χ0v) is 19.4. The number of rotatable bonds is 9. The molecule has 0 aromatic heterocycles. The van der Waals surface area contributed by atoms with Crippen LogP contribution in [0.3, 0.4) is 0 Å². The number of benzene rings is 3. The third-order valence-corrected chi connectivity index (χ3v) is 4.78. The molecule has 3 amide bonds. The van der Waals surface area contributed by atoms with Crippen molar-refractivity contribution in [2.75, 3.05) is 19.0 Å². The summed E-state index contributed by atoms with van der Waals surface area (Å²) in [7, 11) is 1.57. The zero-order chi connectivity index (χ0) is 25.0. The van der Waals surface area contributed by atoms with Gasteiger partial charge in [0.15, 0.2) is 6.61 Å². The number of hydrazone groups is 1. The van der Waals surface area contributed by atoms with E-state index in [1.165, 1.54) is 6.21 Å². The maximum absolute atomic E-state index is 12.0. The van der Waals surface area contributed by atoms with Gasteiger partial charge < -0.3 is 20.1 Å². The standard InChI is InChI=1S/C26H26N4O5/c1-18-3-5-19(6-4-18)15-27-25(32)26(33)30-28-16-20-7-11-23(12-8-20)35-17-24(31)29-21-9-13-22(34-2)14-10-21/h3-14,16H,15,17H2,1-2H3,(H,27,32)(H,29,31)(H,30,33)/b28-16-. The Morgan fingerprint density at radius 1 is 0.857 bits per heavy atom. The Morgan fingerprint density at radius 2 is 1.51 bits per heavy atom. The molecule has 9 nitrogen and oxygen atoms in total. The van der Waals surface area contributed by atoms with Crippen LogP contribution in [0.1, 0.15) is 16.7 Å². The SMILES string of the molecule is COc1ccc(NC(=O)COc2ccc(/C=N\NC(=O)C(=O)NCc3ccc(C)cc3)cc2)cc1. The molecule has 0 heterocycles. The van der Waals surface area contributed by atoms with Gasteiger partial charge in [0.2, 0.25) is 0 Å². The highest BCUT2D eigenvalue weighted by molar-refractivity contribution is 6.35. The number of anilines is 1. The van der Waals surface area contributed by atoms with E-state index >= 15 is 0 Å². The van der Waals surface area contributed by atoms with Crippen molar-refractivity contribution >= 4 is 29.6 Å². The molecule has 3 aromatic carbocycles. The molecule has 3 aromatic rings. The summed E-state index contributed by atoms with van der Waals surface area (Å²) in [6.45, 7) is 2.06. The number of nitrogens with one attached hydrogen (secondary N) is 3. The molecule has 0 spiro atoms. The highest BCUT2D eigenvalue weighted by Gasteiger charge is 2.11. The van der Waals surface area contributed by atoms with Crippen LogP contribution in [0, 0.1) is 6.92 Å². The predicted molar refractivity (Wildman–Crippen MR) is 132 cm³/mol. The smallest absolute Gasteiger partial charge is 0.329 e. The van der Waals surface area contributed by atoms with Gasteiger partial charge in [-0.2, -0.15) is 5.10 Å². The number of nitrogens with zero attached hydrogens (tertiary/aromatic N) is 1. The second-order valence-corrected chi connectivity index (χ2v) is 7.50. The summed E-state index contributed by atoms with van der Waals surface area (Å²) < 4.78 is 10.6. The van der Waals surface area contributed by atoms with Gasteiger partial charge in [-0.15, -0.1) is 0 Å². The molecule has 9 heteroatoms. The summed E-state index contributed by atoms with van der Waals surface area (Å²) in [5, 5.41) is 9.06. The van der Waals surface area contributed by atoms with Gasteiger partial charge in [0.1, 0.15) is 11.5 Å². The maximum Gasteiger partial charge on any atom is 0.329 e. The number of carbonyl (C=O) groups excluding carboxylic acids is 3. The average molecular weight is 475 g/mol. The molecule has 0 atom stereocenters. The van der Waals surface area contributed by atoms with E-state index in [9.17, 15) is 14.4 Å². The number of hydrogen-bond donors (Lipinski definition) is 3. The molecule has 35 heavy (non-hydrogen) atoms. The third-order valence-electron chi connectivity index (χ3n) is 4.78. The summed E-state index contributed by atoms with van der Waals surface area (Å²) >= 11 is 0. The van der Waals surface area contributed by atoms with E-state index in [2.05, 4.69) is 21.2 Å². The van der Waals surface area contributed by atoms with Crippen LogP contribution >= 0.6 is 0 Å². The van der Waals surface area contributed by atoms with Crippen molar-refractivity contribution in [3.63, 3.8) is 0 Å². The van der Waals surface area contributed by atoms with E-state index in [1.54, 1.807) is 55.6 Å². The lowest BCUT2D eigenvalue weighted by Crippen LogP contribution is -2.37. The lowest BCUT2D eigenvalue weighted by atomic mass is 10.1. The quantitative estimate of drug-likeness (QED) is 0.250. The normalized spacial score (nSPS) is 10.5. The molecule has 0 saturated carbocycles. The van der Waals surface area contributed by atoms with Gasteiger partial charge in [-0.3, -0.25) is 14.4 Å². The van der Waals surface area contributed by atoms with Crippen molar-refractivity contribution in [1.29, 1.82) is 0 Å². The van der Waals surface area contributed by atoms with Gasteiger partial charge in [-0.05, 0) is 66.6 Å². The highest BCUT2D eigenvalue weighted by Crippen LogP contribution is 2.15. The van der Waals surface area contributed by atoms with Crippen LogP contribution in [0.25, 0.3) is 0 Å². The topological polar surface area (TPSA) is 118 Å². The Bertz CT molecular complexity index is 1170. The molecule has 3 N–H and O–H groups in total. The fraction of sp³-hybridized carbons (Fsp3) is 0.154. The molecule has 0 unspecified atom stereocenters. The minimum absolute atomic E-state index is 0.160. The first-order chi connectivity index (χ1) is 16.9. The van der Waals surface area contributed by atoms with Gasteiger partial charge in [0, 0.05) is 12.2 Å². The van der Waals surface area contributed by atoms with E-state index in [-0.39, 0.29) is 19.1 Å². The second-order valence-electron chi connectivity index (χ2n) is 7.50. The Hall–Kier alpha value is -4.66. The minimum atomic E-state index is -0.865. The fourth-order valence-electron chi connectivity index (χ4n) is 2.86. The van der Waals surface area contributed by atoms with E-state index in [0.717, 1.165) is 11.1 Å². The van der Waals surface area contributed by atoms with Crippen LogP contribution in [0.2, 0.25) is 0 Å². The second kappa shape index (κ2) is 12.5. The molecular formula is C26H26N4O5. The van der Waals surface area contributed by atoms with Crippen molar-refractivity contribution in [3.8, 4) is 11.5 Å². The van der Waals surface area contributed by atoms with Crippen LogP contribution in [-0.2, 0) is 20.9 Å². The third kappa shape index (κ3) is 8.32. The molecule has 0 aliphatic heterocycles. The first-order valence-electron chi connectivity index (χ1n) is 10.8. The van der Waals surface area contributed by atoms with E-state index in [4.69, 9.17) is 9.47 Å². The van der Waals surface area contributed by atoms with Crippen molar-refractivity contribution in [2.24, 2.45) is 5.10 Å². The van der Waals surface area contributed by atoms with E-state index in [0.29, 0.717) is 22.7 Å². The molecule has 0 aliphatic carbocycles. The van der Waals surface area contributed by atoms with Crippen LogP contribution < -0.4 is 25.5 Å². The Balaban J connectivity index is 1.38. The van der Waals surface area contributed by atoms with Crippen molar-refractivity contribution in [1.82, 2.24) is 10.7 Å². The molecule has 0 aliphatic rings. The zero-order valence-electron chi connectivity index (χ0n) is 19.4. The van der Waals surface area contributed by atoms with E-state index < -0.39 is 11.8 Å². The van der Waals surface area contributed by atoms with Gasteiger partial charge in [-0.1, -0.05) is 29.8 Å². The fourth-order valence-corrected chi connectivity index (χ4v) is 2.86. The van der Waals surface area contributed by atoms with Crippen LogP contribution in [0.5, 0.6) is 11.5 Å². The molecule has 0 saturated heterocycles. The number of aryl methyl sites for hydroxylation is 1. The number of hydrogen-bond acceptors (Lipinski definition) is 6. The number of amides is 3. The maximum atomic E-state index is 12.0. The molecule has 180 valence electrons. The summed E-state index contributed by atoms with van der Waals surface area (Å²) in [5.74, 6) is -0.755. The van der Waals surface area contributed by atoms with E-state index in [1.807, 2.05) is 31.2 Å². The first-order valence-corrected chi connectivity index (χ1v) is 10.8. The van der Waals surface area contributed by atoms with Gasteiger partial charge in [0.05, 0.1) is 13.3 Å². The summed E-state index contributed by atoms with van der Waals surface area (Å²) in [6, 6.07) is 21.3. The number of carbonyl (C=O) groups is 3. The van der Waals surface area contributed by atoms with Crippen LogP contribution in [0.15, 0.2) is 77.9 Å². The molecule has 0 radical (unpaired) electrons. The molecule has 0 fully saturated rings. The average Bonchev–Trinajstić information content (AvgIpc) is 2.88. The largest absolute Gasteiger partial charge is 0.497 e. The summed E-state index contributed by atoms with van der Waals surface area (Å²) in [6.07, 6.45) is 1.39. The molecule has 0 bridgehead atoms. The minimum Gasteiger partial charge on any atom is -0.497 e. The van der Waals surface area contributed by atoms with Crippen molar-refractivity contribution in [2.45, 2.75) is 13.5 Å². The Kier molecular flexibility index (Phi) is 8.95. The predicted octanol–water partition coefficient (Wildman–Crippen LogP) is 2.79. The number of ether oxygens (including phenoxy) is 2. The van der Waals surface area contributed by atoms with Gasteiger partial charge in [-0.25, -0.2) is 5.43 Å². The first kappa shape index (κ1) is 25.0. The monoisotopic (exact) mass is 474 g/mol. The Labute approximate surface area is 203 Å². The summed E-state index contributed by atoms with van der Waals surface area (Å²) in [4.78, 5) is 35.8. The lowest BCUT2D eigenvalue weighted by molar-refractivity contribution is -0.139. The van der Waals surface area contributed by atoms with Crippen molar-refractivity contribution in [3.05, 3.63) is 89.5 Å². The molecular weight excluding hydrogens is 448 g/mol. The lowest BCUT2D eigenvalue weighted by Gasteiger charge is -2.08. The van der Waals surface area contributed by atoms with Crippen molar-refractivity contribution < 1.29 is 23.9 Å².